The highest BCUT2D eigenvalue weighted by atomic mass is 35.5. The van der Waals surface area contributed by atoms with Crippen LogP contribution in [0.5, 0.6) is 0 Å². The van der Waals surface area contributed by atoms with Gasteiger partial charge in [-0.2, -0.15) is 0 Å². The van der Waals surface area contributed by atoms with E-state index in [0.29, 0.717) is 42.2 Å². The molecule has 4 nitrogen and oxygen atoms in total. The average Bonchev–Trinajstić information content (AvgIpc) is 2.65. The summed E-state index contributed by atoms with van der Waals surface area (Å²) in [4.78, 5) is 26.8. The molecule has 1 N–H and O–H groups in total. The first-order chi connectivity index (χ1) is 12.5. The van der Waals surface area contributed by atoms with Crippen LogP contribution in [0, 0.1) is 11.7 Å². The summed E-state index contributed by atoms with van der Waals surface area (Å²) in [6, 6.07) is 10.4. The van der Waals surface area contributed by atoms with Crippen molar-refractivity contribution >= 4 is 40.7 Å². The molecule has 136 valence electrons. The smallest absolute Gasteiger partial charge is 0.253 e. The average molecular weight is 395 g/mol. The SMILES string of the molecule is O=C(Nc1cccc(Cl)c1Cl)[C@@H]1CCCN(C(=O)c2ccc(F)cc2)C1. The topological polar surface area (TPSA) is 49.4 Å². The molecule has 0 spiro atoms. The third-order valence-electron chi connectivity index (χ3n) is 4.38. The molecule has 1 aliphatic heterocycles. The van der Waals surface area contributed by atoms with Crippen LogP contribution in [0.25, 0.3) is 0 Å². The van der Waals surface area contributed by atoms with E-state index in [-0.39, 0.29) is 22.8 Å². The monoisotopic (exact) mass is 394 g/mol. The van der Waals surface area contributed by atoms with Crippen molar-refractivity contribution in [2.24, 2.45) is 5.92 Å². The molecule has 3 rings (SSSR count). The van der Waals surface area contributed by atoms with Gasteiger partial charge in [-0.15, -0.1) is 0 Å². The normalized spacial score (nSPS) is 17.0. The summed E-state index contributed by atoms with van der Waals surface area (Å²) in [5.41, 5.74) is 0.858. The van der Waals surface area contributed by atoms with Crippen molar-refractivity contribution in [3.63, 3.8) is 0 Å². The summed E-state index contributed by atoms with van der Waals surface area (Å²) in [5.74, 6) is -1.15. The van der Waals surface area contributed by atoms with Gasteiger partial charge in [-0.05, 0) is 49.2 Å². The fraction of sp³-hybridized carbons (Fsp3) is 0.263. The third-order valence-corrected chi connectivity index (χ3v) is 5.20. The fourth-order valence-electron chi connectivity index (χ4n) is 2.99. The van der Waals surface area contributed by atoms with Crippen molar-refractivity contribution in [3.8, 4) is 0 Å². The van der Waals surface area contributed by atoms with Gasteiger partial charge >= 0.3 is 0 Å². The summed E-state index contributed by atoms with van der Waals surface area (Å²) in [6.45, 7) is 0.873. The Hall–Kier alpha value is -2.11. The van der Waals surface area contributed by atoms with Gasteiger partial charge in [0.05, 0.1) is 21.7 Å². The van der Waals surface area contributed by atoms with Gasteiger partial charge in [0, 0.05) is 18.7 Å². The number of carbonyl (C=O) groups is 2. The maximum atomic E-state index is 13.0. The summed E-state index contributed by atoms with van der Waals surface area (Å²) >= 11 is 12.1. The van der Waals surface area contributed by atoms with Crippen LogP contribution in [0.15, 0.2) is 42.5 Å². The van der Waals surface area contributed by atoms with E-state index in [2.05, 4.69) is 5.32 Å². The summed E-state index contributed by atoms with van der Waals surface area (Å²) in [7, 11) is 0. The van der Waals surface area contributed by atoms with Gasteiger partial charge in [-0.1, -0.05) is 29.3 Å². The number of nitrogens with zero attached hydrogens (tertiary/aromatic N) is 1. The largest absolute Gasteiger partial charge is 0.338 e. The lowest BCUT2D eigenvalue weighted by atomic mass is 9.96. The molecular formula is C19H17Cl2FN2O2. The van der Waals surface area contributed by atoms with Crippen molar-refractivity contribution < 1.29 is 14.0 Å². The van der Waals surface area contributed by atoms with Crippen LogP contribution >= 0.6 is 23.2 Å². The molecule has 1 heterocycles. The number of carbonyl (C=O) groups excluding carboxylic acids is 2. The molecule has 1 fully saturated rings. The number of likely N-dealkylation sites (tertiary alicyclic amines) is 1. The van der Waals surface area contributed by atoms with Crippen molar-refractivity contribution in [1.29, 1.82) is 0 Å². The van der Waals surface area contributed by atoms with Crippen LogP contribution < -0.4 is 5.32 Å². The van der Waals surface area contributed by atoms with Crippen LogP contribution in [0.2, 0.25) is 10.0 Å². The number of anilines is 1. The standard InChI is InChI=1S/C19H17Cl2FN2O2/c20-15-4-1-5-16(17(15)21)23-18(25)13-3-2-10-24(11-13)19(26)12-6-8-14(22)9-7-12/h1,4-9,13H,2-3,10-11H2,(H,23,25)/t13-/m1/s1. The number of hydrogen-bond donors (Lipinski definition) is 1. The maximum absolute atomic E-state index is 13.0. The van der Waals surface area contributed by atoms with Crippen molar-refractivity contribution in [1.82, 2.24) is 4.90 Å². The van der Waals surface area contributed by atoms with E-state index in [1.807, 2.05) is 0 Å². The van der Waals surface area contributed by atoms with E-state index in [4.69, 9.17) is 23.2 Å². The van der Waals surface area contributed by atoms with Gasteiger partial charge in [0.25, 0.3) is 5.91 Å². The van der Waals surface area contributed by atoms with E-state index < -0.39 is 5.82 Å². The van der Waals surface area contributed by atoms with Crippen LogP contribution in [0.4, 0.5) is 10.1 Å². The van der Waals surface area contributed by atoms with Crippen LogP contribution in [-0.4, -0.2) is 29.8 Å². The molecule has 1 saturated heterocycles. The lowest BCUT2D eigenvalue weighted by Crippen LogP contribution is -2.43. The molecule has 2 amide bonds. The van der Waals surface area contributed by atoms with Crippen LogP contribution in [0.1, 0.15) is 23.2 Å². The number of rotatable bonds is 3. The van der Waals surface area contributed by atoms with E-state index >= 15 is 0 Å². The highest BCUT2D eigenvalue weighted by Crippen LogP contribution is 2.30. The highest BCUT2D eigenvalue weighted by Gasteiger charge is 2.29. The van der Waals surface area contributed by atoms with Gasteiger partial charge in [0.1, 0.15) is 5.82 Å². The molecular weight excluding hydrogens is 378 g/mol. The molecule has 2 aromatic rings. The molecule has 1 atom stereocenters. The Morgan fingerprint density at radius 2 is 1.85 bits per heavy atom. The zero-order valence-electron chi connectivity index (χ0n) is 13.8. The molecule has 0 bridgehead atoms. The van der Waals surface area contributed by atoms with E-state index in [1.54, 1.807) is 23.1 Å². The fourth-order valence-corrected chi connectivity index (χ4v) is 3.33. The predicted molar refractivity (Wildman–Crippen MR) is 100 cm³/mol. The molecule has 0 radical (unpaired) electrons. The second-order valence-electron chi connectivity index (χ2n) is 6.19. The van der Waals surface area contributed by atoms with E-state index in [1.165, 1.54) is 24.3 Å². The number of benzene rings is 2. The molecule has 7 heteroatoms. The summed E-state index contributed by atoms with van der Waals surface area (Å²) in [6.07, 6.45) is 1.39. The minimum atomic E-state index is -0.393. The molecule has 26 heavy (non-hydrogen) atoms. The highest BCUT2D eigenvalue weighted by molar-refractivity contribution is 6.44. The van der Waals surface area contributed by atoms with Gasteiger partial charge in [-0.25, -0.2) is 4.39 Å². The number of halogens is 3. The summed E-state index contributed by atoms with van der Waals surface area (Å²) < 4.78 is 13.0. The zero-order valence-corrected chi connectivity index (χ0v) is 15.4. The first-order valence-corrected chi connectivity index (χ1v) is 9.01. The number of hydrogen-bond acceptors (Lipinski definition) is 2. The lowest BCUT2D eigenvalue weighted by Gasteiger charge is -2.32. The predicted octanol–water partition coefficient (Wildman–Crippen LogP) is 4.62. The Morgan fingerprint density at radius 1 is 1.12 bits per heavy atom. The zero-order chi connectivity index (χ0) is 18.7. The third kappa shape index (κ3) is 4.17. The Kier molecular flexibility index (Phi) is 5.79. The Bertz CT molecular complexity index is 827. The number of nitrogens with one attached hydrogen (secondary N) is 1. The van der Waals surface area contributed by atoms with Gasteiger partial charge < -0.3 is 10.2 Å². The Labute approximate surface area is 160 Å². The summed E-state index contributed by atoms with van der Waals surface area (Å²) in [5, 5.41) is 3.44. The molecule has 0 unspecified atom stereocenters. The van der Waals surface area contributed by atoms with Crippen LogP contribution in [0.3, 0.4) is 0 Å². The minimum absolute atomic E-state index is 0.203. The Morgan fingerprint density at radius 3 is 2.58 bits per heavy atom. The first kappa shape index (κ1) is 18.7. The minimum Gasteiger partial charge on any atom is -0.338 e. The molecule has 0 aliphatic carbocycles. The van der Waals surface area contributed by atoms with Gasteiger partial charge in [-0.3, -0.25) is 9.59 Å². The second-order valence-corrected chi connectivity index (χ2v) is 6.97. The van der Waals surface area contributed by atoms with Crippen molar-refractivity contribution in [2.75, 3.05) is 18.4 Å². The van der Waals surface area contributed by atoms with Crippen LogP contribution in [-0.2, 0) is 4.79 Å². The molecule has 0 aromatic heterocycles. The molecule has 2 aromatic carbocycles. The Balaban J connectivity index is 1.67. The number of piperidine rings is 1. The van der Waals surface area contributed by atoms with E-state index in [9.17, 15) is 14.0 Å². The number of amides is 2. The quantitative estimate of drug-likeness (QED) is 0.825. The second kappa shape index (κ2) is 8.06. The van der Waals surface area contributed by atoms with Crippen molar-refractivity contribution in [2.45, 2.75) is 12.8 Å². The lowest BCUT2D eigenvalue weighted by molar-refractivity contribution is -0.121. The maximum Gasteiger partial charge on any atom is 0.253 e. The van der Waals surface area contributed by atoms with Crippen molar-refractivity contribution in [3.05, 3.63) is 63.9 Å². The molecule has 1 aliphatic rings. The first-order valence-electron chi connectivity index (χ1n) is 8.25. The van der Waals surface area contributed by atoms with Gasteiger partial charge in [0.15, 0.2) is 0 Å². The van der Waals surface area contributed by atoms with E-state index in [0.717, 1.165) is 0 Å². The molecule has 0 saturated carbocycles. The van der Waals surface area contributed by atoms with Gasteiger partial charge in [0.2, 0.25) is 5.91 Å².